The minimum absolute atomic E-state index is 0.0196. The lowest BCUT2D eigenvalue weighted by atomic mass is 10.0. The fourth-order valence-electron chi connectivity index (χ4n) is 3.33. The lowest BCUT2D eigenvalue weighted by Crippen LogP contribution is -2.09. The molecule has 0 atom stereocenters. The van der Waals surface area contributed by atoms with Crippen molar-refractivity contribution in [3.8, 4) is 11.5 Å². The summed E-state index contributed by atoms with van der Waals surface area (Å²) in [5, 5.41) is 0. The maximum Gasteiger partial charge on any atom is 0.195 e. The highest BCUT2D eigenvalue weighted by Crippen LogP contribution is 2.19. The van der Waals surface area contributed by atoms with E-state index in [1.807, 2.05) is 0 Å². The topological polar surface area (TPSA) is 52.6 Å². The highest BCUT2D eigenvalue weighted by molar-refractivity contribution is 6.09. The van der Waals surface area contributed by atoms with Gasteiger partial charge in [0, 0.05) is 11.1 Å². The fourth-order valence-corrected chi connectivity index (χ4v) is 3.33. The first-order chi connectivity index (χ1) is 16.5. The quantitative estimate of drug-likeness (QED) is 0.232. The zero-order valence-corrected chi connectivity index (χ0v) is 18.0. The molecule has 0 N–H and O–H groups in total. The minimum Gasteiger partial charge on any atom is -0.490 e. The zero-order valence-electron chi connectivity index (χ0n) is 18.0. The fraction of sp³-hybridized carbons (Fsp3) is 0.0714. The number of ketones is 2. The van der Waals surface area contributed by atoms with Crippen molar-refractivity contribution in [1.29, 1.82) is 0 Å². The average Bonchev–Trinajstić information content (AvgIpc) is 2.87. The molecule has 0 saturated heterocycles. The van der Waals surface area contributed by atoms with Crippen LogP contribution in [0.2, 0.25) is 0 Å². The van der Waals surface area contributed by atoms with Crippen molar-refractivity contribution < 1.29 is 27.8 Å². The summed E-state index contributed by atoms with van der Waals surface area (Å²) in [6.07, 6.45) is 0. The van der Waals surface area contributed by atoms with Crippen molar-refractivity contribution in [2.24, 2.45) is 0 Å². The van der Waals surface area contributed by atoms with Gasteiger partial charge in [-0.15, -0.1) is 0 Å². The third kappa shape index (κ3) is 5.35. The van der Waals surface area contributed by atoms with Crippen LogP contribution in [0.5, 0.6) is 11.5 Å². The van der Waals surface area contributed by atoms with Crippen LogP contribution in [0.25, 0.3) is 0 Å². The van der Waals surface area contributed by atoms with Crippen LogP contribution < -0.4 is 9.47 Å². The second kappa shape index (κ2) is 10.5. The largest absolute Gasteiger partial charge is 0.490 e. The number of ether oxygens (including phenoxy) is 2. The molecule has 4 rings (SSSR count). The van der Waals surface area contributed by atoms with E-state index in [1.165, 1.54) is 36.4 Å². The number of rotatable bonds is 9. The van der Waals surface area contributed by atoms with Crippen LogP contribution in [0.1, 0.15) is 31.8 Å². The third-order valence-electron chi connectivity index (χ3n) is 5.09. The number of carbonyl (C=O) groups excluding carboxylic acids is 2. The first-order valence-corrected chi connectivity index (χ1v) is 10.6. The molecule has 0 aliphatic rings. The SMILES string of the molecule is O=C(c1ccc(OCCOc2ccc(C(=O)c3ccccc3F)cc2)cc1)c1ccccc1F. The van der Waals surface area contributed by atoms with Crippen molar-refractivity contribution in [3.63, 3.8) is 0 Å². The van der Waals surface area contributed by atoms with Crippen molar-refractivity contribution >= 4 is 11.6 Å². The van der Waals surface area contributed by atoms with E-state index >= 15 is 0 Å². The Morgan fingerprint density at radius 1 is 0.529 bits per heavy atom. The summed E-state index contributed by atoms with van der Waals surface area (Å²) in [4.78, 5) is 24.8. The normalized spacial score (nSPS) is 10.5. The molecule has 0 amide bonds. The Kier molecular flexibility index (Phi) is 7.08. The van der Waals surface area contributed by atoms with Gasteiger partial charge in [0.1, 0.15) is 36.3 Å². The van der Waals surface area contributed by atoms with E-state index in [0.29, 0.717) is 22.6 Å². The Hall–Kier alpha value is -4.32. The molecule has 0 spiro atoms. The van der Waals surface area contributed by atoms with E-state index in [4.69, 9.17) is 9.47 Å². The van der Waals surface area contributed by atoms with E-state index in [2.05, 4.69) is 0 Å². The van der Waals surface area contributed by atoms with Crippen LogP contribution in [-0.4, -0.2) is 24.8 Å². The van der Waals surface area contributed by atoms with Crippen LogP contribution in [-0.2, 0) is 0 Å². The molecule has 0 unspecified atom stereocenters. The standard InChI is InChI=1S/C28H20F2O4/c29-25-7-3-1-5-23(25)27(31)19-9-13-21(14-10-19)33-17-18-34-22-15-11-20(12-16-22)28(32)24-6-2-4-8-26(24)30/h1-16H,17-18H2. The molecule has 0 fully saturated rings. The van der Waals surface area contributed by atoms with Gasteiger partial charge in [0.2, 0.25) is 0 Å². The summed E-state index contributed by atoms with van der Waals surface area (Å²) < 4.78 is 38.9. The Morgan fingerprint density at radius 3 is 1.24 bits per heavy atom. The predicted molar refractivity (Wildman–Crippen MR) is 124 cm³/mol. The van der Waals surface area contributed by atoms with Crippen molar-refractivity contribution in [3.05, 3.63) is 131 Å². The Balaban J connectivity index is 1.27. The number of carbonyl (C=O) groups is 2. The molecule has 0 radical (unpaired) electrons. The summed E-state index contributed by atoms with van der Waals surface area (Å²) in [5.74, 6) is -0.835. The van der Waals surface area contributed by atoms with E-state index in [0.717, 1.165) is 0 Å². The van der Waals surface area contributed by atoms with E-state index < -0.39 is 23.2 Å². The van der Waals surface area contributed by atoms with Gasteiger partial charge in [-0.25, -0.2) is 8.78 Å². The van der Waals surface area contributed by atoms with Crippen LogP contribution in [0.15, 0.2) is 97.1 Å². The molecule has 0 bridgehead atoms. The predicted octanol–water partition coefficient (Wildman–Crippen LogP) is 5.88. The van der Waals surface area contributed by atoms with E-state index in [1.54, 1.807) is 60.7 Å². The van der Waals surface area contributed by atoms with Gasteiger partial charge in [-0.2, -0.15) is 0 Å². The van der Waals surface area contributed by atoms with Gasteiger partial charge < -0.3 is 9.47 Å². The second-order valence-corrected chi connectivity index (χ2v) is 7.36. The molecule has 0 aliphatic heterocycles. The summed E-state index contributed by atoms with van der Waals surface area (Å²) in [5.41, 5.74) is 0.759. The summed E-state index contributed by atoms with van der Waals surface area (Å²) in [7, 11) is 0. The lowest BCUT2D eigenvalue weighted by Gasteiger charge is -2.10. The van der Waals surface area contributed by atoms with Crippen LogP contribution in [0.3, 0.4) is 0 Å². The summed E-state index contributed by atoms with van der Waals surface area (Å²) >= 11 is 0. The van der Waals surface area contributed by atoms with Crippen molar-refractivity contribution in [2.45, 2.75) is 0 Å². The van der Waals surface area contributed by atoms with Crippen LogP contribution in [0.4, 0.5) is 8.78 Å². The molecule has 4 nitrogen and oxygen atoms in total. The number of hydrogen-bond donors (Lipinski definition) is 0. The molecule has 0 saturated carbocycles. The van der Waals surface area contributed by atoms with Crippen LogP contribution in [0, 0.1) is 11.6 Å². The Bertz CT molecular complexity index is 1200. The molecular weight excluding hydrogens is 438 g/mol. The number of halogens is 2. The average molecular weight is 458 g/mol. The van der Waals surface area contributed by atoms with Gasteiger partial charge >= 0.3 is 0 Å². The molecular formula is C28H20F2O4. The van der Waals surface area contributed by atoms with Gasteiger partial charge in [0.05, 0.1) is 11.1 Å². The molecule has 170 valence electrons. The Labute approximate surface area is 195 Å². The molecule has 0 aromatic heterocycles. The van der Waals surface area contributed by atoms with E-state index in [9.17, 15) is 18.4 Å². The Morgan fingerprint density at radius 2 is 0.882 bits per heavy atom. The van der Waals surface area contributed by atoms with Gasteiger partial charge in [0.25, 0.3) is 0 Å². The molecule has 34 heavy (non-hydrogen) atoms. The number of hydrogen-bond acceptors (Lipinski definition) is 4. The molecule has 0 heterocycles. The zero-order chi connectivity index (χ0) is 23.9. The molecule has 0 aliphatic carbocycles. The van der Waals surface area contributed by atoms with Gasteiger partial charge in [-0.3, -0.25) is 9.59 Å². The maximum atomic E-state index is 13.8. The van der Waals surface area contributed by atoms with Crippen LogP contribution >= 0.6 is 0 Å². The van der Waals surface area contributed by atoms with Crippen molar-refractivity contribution in [2.75, 3.05) is 13.2 Å². The smallest absolute Gasteiger partial charge is 0.195 e. The van der Waals surface area contributed by atoms with Crippen molar-refractivity contribution in [1.82, 2.24) is 0 Å². The van der Waals surface area contributed by atoms with Gasteiger partial charge in [-0.05, 0) is 72.8 Å². The molecule has 4 aromatic carbocycles. The second-order valence-electron chi connectivity index (χ2n) is 7.36. The highest BCUT2D eigenvalue weighted by atomic mass is 19.1. The third-order valence-corrected chi connectivity index (χ3v) is 5.09. The number of benzene rings is 4. The summed E-state index contributed by atoms with van der Waals surface area (Å²) in [6.45, 7) is 0.493. The first-order valence-electron chi connectivity index (χ1n) is 10.6. The van der Waals surface area contributed by atoms with Gasteiger partial charge in [0.15, 0.2) is 11.6 Å². The first kappa shape index (κ1) is 22.9. The maximum absolute atomic E-state index is 13.8. The van der Waals surface area contributed by atoms with E-state index in [-0.39, 0.29) is 24.3 Å². The summed E-state index contributed by atoms with van der Waals surface area (Å²) in [6, 6.07) is 24.5. The lowest BCUT2D eigenvalue weighted by molar-refractivity contribution is 0.102. The molecule has 4 aromatic rings. The highest BCUT2D eigenvalue weighted by Gasteiger charge is 2.14. The minimum atomic E-state index is -0.561. The monoisotopic (exact) mass is 458 g/mol. The van der Waals surface area contributed by atoms with Gasteiger partial charge in [-0.1, -0.05) is 24.3 Å². The molecule has 6 heteroatoms.